The summed E-state index contributed by atoms with van der Waals surface area (Å²) < 4.78 is 5.18. The van der Waals surface area contributed by atoms with Gasteiger partial charge in [0.25, 0.3) is 0 Å². The summed E-state index contributed by atoms with van der Waals surface area (Å²) in [6.07, 6.45) is 0. The molecule has 0 aliphatic heterocycles. The molecule has 82 valence electrons. The number of methoxy groups -OCH3 is 1. The summed E-state index contributed by atoms with van der Waals surface area (Å²) >= 11 is 5.42. The molecule has 1 aromatic rings. The van der Waals surface area contributed by atoms with Crippen molar-refractivity contribution in [2.45, 2.75) is 13.8 Å². The van der Waals surface area contributed by atoms with Gasteiger partial charge in [-0.25, -0.2) is 0 Å². The van der Waals surface area contributed by atoms with Crippen molar-refractivity contribution in [3.8, 4) is 5.75 Å². The van der Waals surface area contributed by atoms with Gasteiger partial charge < -0.3 is 9.64 Å². The summed E-state index contributed by atoms with van der Waals surface area (Å²) in [6, 6.07) is 3.65. The molecule has 0 heterocycles. The van der Waals surface area contributed by atoms with E-state index in [9.17, 15) is 4.79 Å². The van der Waals surface area contributed by atoms with Gasteiger partial charge in [0.05, 0.1) is 7.11 Å². The normalized spacial score (nSPS) is 9.93. The topological polar surface area (TPSA) is 29.5 Å². The number of benzene rings is 1. The van der Waals surface area contributed by atoms with Gasteiger partial charge in [0.1, 0.15) is 5.75 Å². The number of ether oxygens (including phenoxy) is 1. The van der Waals surface area contributed by atoms with Gasteiger partial charge in [0, 0.05) is 12.7 Å². The highest BCUT2D eigenvalue weighted by molar-refractivity contribution is 6.66. The molecule has 4 heteroatoms. The van der Waals surface area contributed by atoms with E-state index in [0.717, 1.165) is 22.6 Å². The van der Waals surface area contributed by atoms with Crippen molar-refractivity contribution >= 4 is 22.7 Å². The summed E-state index contributed by atoms with van der Waals surface area (Å²) in [7, 11) is 3.27. The minimum atomic E-state index is -0.498. The highest BCUT2D eigenvalue weighted by atomic mass is 35.5. The third-order valence-corrected chi connectivity index (χ3v) is 2.81. The molecule has 0 aromatic heterocycles. The van der Waals surface area contributed by atoms with Crippen molar-refractivity contribution in [2.75, 3.05) is 19.1 Å². The van der Waals surface area contributed by atoms with Crippen molar-refractivity contribution in [1.82, 2.24) is 0 Å². The van der Waals surface area contributed by atoms with Crippen LogP contribution in [0, 0.1) is 13.8 Å². The molecular weight excluding hydrogens is 214 g/mol. The second-order valence-corrected chi connectivity index (χ2v) is 3.67. The average molecular weight is 228 g/mol. The van der Waals surface area contributed by atoms with E-state index in [4.69, 9.17) is 16.3 Å². The number of carbonyl (C=O) groups excluding carboxylic acids is 1. The Labute approximate surface area is 94.6 Å². The van der Waals surface area contributed by atoms with E-state index in [2.05, 4.69) is 0 Å². The predicted octanol–water partition coefficient (Wildman–Crippen LogP) is 3.11. The molecule has 0 atom stereocenters. The number of amides is 1. The Morgan fingerprint density at radius 1 is 1.33 bits per heavy atom. The third-order valence-electron chi connectivity index (χ3n) is 2.55. The van der Waals surface area contributed by atoms with Gasteiger partial charge in [-0.1, -0.05) is 0 Å². The first-order valence-electron chi connectivity index (χ1n) is 4.56. The Balaban J connectivity index is 3.23. The molecule has 0 radical (unpaired) electrons. The maximum absolute atomic E-state index is 11.0. The molecule has 0 saturated heterocycles. The fourth-order valence-electron chi connectivity index (χ4n) is 1.46. The molecule has 0 fully saturated rings. The zero-order valence-electron chi connectivity index (χ0n) is 9.30. The Hall–Kier alpha value is -1.22. The molecule has 0 bridgehead atoms. The van der Waals surface area contributed by atoms with Gasteiger partial charge in [0.15, 0.2) is 0 Å². The second kappa shape index (κ2) is 4.53. The molecule has 1 amide bonds. The summed E-state index contributed by atoms with van der Waals surface area (Å²) in [5, 5.41) is -0.498. The lowest BCUT2D eigenvalue weighted by atomic mass is 10.1. The molecule has 0 aliphatic rings. The van der Waals surface area contributed by atoms with Crippen molar-refractivity contribution in [2.24, 2.45) is 0 Å². The second-order valence-electron chi connectivity index (χ2n) is 3.35. The van der Waals surface area contributed by atoms with Crippen LogP contribution in [-0.2, 0) is 0 Å². The number of nitrogens with zero attached hydrogens (tertiary/aromatic N) is 1. The van der Waals surface area contributed by atoms with Gasteiger partial charge in [0.2, 0.25) is 0 Å². The zero-order chi connectivity index (χ0) is 11.6. The fraction of sp³-hybridized carbons (Fsp3) is 0.364. The van der Waals surface area contributed by atoms with Crippen LogP contribution in [-0.4, -0.2) is 19.5 Å². The smallest absolute Gasteiger partial charge is 0.320 e. The van der Waals surface area contributed by atoms with E-state index in [-0.39, 0.29) is 0 Å². The predicted molar refractivity (Wildman–Crippen MR) is 62.1 cm³/mol. The number of halogens is 1. The van der Waals surface area contributed by atoms with Crippen LogP contribution < -0.4 is 9.64 Å². The summed E-state index contributed by atoms with van der Waals surface area (Å²) in [4.78, 5) is 12.4. The third kappa shape index (κ3) is 2.23. The van der Waals surface area contributed by atoms with Gasteiger partial charge in [-0.2, -0.15) is 0 Å². The Morgan fingerprint density at radius 3 is 2.40 bits per heavy atom. The highest BCUT2D eigenvalue weighted by Crippen LogP contribution is 2.29. The Morgan fingerprint density at radius 2 is 1.93 bits per heavy atom. The first kappa shape index (κ1) is 11.9. The van der Waals surface area contributed by atoms with E-state index in [0.29, 0.717) is 0 Å². The monoisotopic (exact) mass is 227 g/mol. The lowest BCUT2D eigenvalue weighted by Crippen LogP contribution is -2.20. The van der Waals surface area contributed by atoms with E-state index in [1.54, 1.807) is 14.2 Å². The van der Waals surface area contributed by atoms with Crippen LogP contribution in [0.5, 0.6) is 5.75 Å². The van der Waals surface area contributed by atoms with E-state index < -0.39 is 5.37 Å². The minimum absolute atomic E-state index is 0.498. The van der Waals surface area contributed by atoms with Gasteiger partial charge in [-0.05, 0) is 48.7 Å². The summed E-state index contributed by atoms with van der Waals surface area (Å²) in [5.74, 6) is 0.812. The Bertz CT molecular complexity index is 390. The van der Waals surface area contributed by atoms with Crippen molar-refractivity contribution in [3.05, 3.63) is 23.3 Å². The fourth-order valence-corrected chi connectivity index (χ4v) is 1.55. The highest BCUT2D eigenvalue weighted by Gasteiger charge is 2.13. The molecular formula is C11H14ClNO2. The van der Waals surface area contributed by atoms with Crippen molar-refractivity contribution in [1.29, 1.82) is 0 Å². The van der Waals surface area contributed by atoms with Crippen LogP contribution >= 0.6 is 11.6 Å². The van der Waals surface area contributed by atoms with E-state index >= 15 is 0 Å². The SMILES string of the molecule is COc1ccc(N(C)C(=O)Cl)c(C)c1C. The zero-order valence-corrected chi connectivity index (χ0v) is 10.1. The van der Waals surface area contributed by atoms with Crippen molar-refractivity contribution < 1.29 is 9.53 Å². The van der Waals surface area contributed by atoms with Crippen molar-refractivity contribution in [3.63, 3.8) is 0 Å². The largest absolute Gasteiger partial charge is 0.496 e. The number of hydrogen-bond donors (Lipinski definition) is 0. The molecule has 0 aliphatic carbocycles. The molecule has 0 N–H and O–H groups in total. The first-order chi connectivity index (χ1) is 6.99. The lowest BCUT2D eigenvalue weighted by Gasteiger charge is -2.19. The summed E-state index contributed by atoms with van der Waals surface area (Å²) in [5.41, 5.74) is 2.80. The van der Waals surface area contributed by atoms with Crippen LogP contribution in [0.15, 0.2) is 12.1 Å². The molecule has 1 aromatic carbocycles. The number of carbonyl (C=O) groups is 1. The molecule has 0 saturated carbocycles. The van der Waals surface area contributed by atoms with Gasteiger partial charge >= 0.3 is 5.37 Å². The van der Waals surface area contributed by atoms with E-state index in [1.807, 2.05) is 26.0 Å². The van der Waals surface area contributed by atoms with Crippen LogP contribution in [0.1, 0.15) is 11.1 Å². The number of hydrogen-bond acceptors (Lipinski definition) is 2. The van der Waals surface area contributed by atoms with Gasteiger partial charge in [-0.15, -0.1) is 0 Å². The van der Waals surface area contributed by atoms with E-state index in [1.165, 1.54) is 4.90 Å². The maximum Gasteiger partial charge on any atom is 0.320 e. The average Bonchev–Trinajstić information content (AvgIpc) is 2.21. The molecule has 3 nitrogen and oxygen atoms in total. The van der Waals surface area contributed by atoms with Crippen LogP contribution in [0.25, 0.3) is 0 Å². The lowest BCUT2D eigenvalue weighted by molar-refractivity contribution is 0.265. The van der Waals surface area contributed by atoms with Crippen LogP contribution in [0.4, 0.5) is 10.5 Å². The molecule has 1 rings (SSSR count). The molecule has 0 unspecified atom stereocenters. The van der Waals surface area contributed by atoms with Gasteiger partial charge in [-0.3, -0.25) is 4.79 Å². The molecule has 0 spiro atoms. The number of rotatable bonds is 2. The first-order valence-corrected chi connectivity index (χ1v) is 4.94. The molecule has 15 heavy (non-hydrogen) atoms. The van der Waals surface area contributed by atoms with Crippen LogP contribution in [0.2, 0.25) is 0 Å². The number of anilines is 1. The maximum atomic E-state index is 11.0. The minimum Gasteiger partial charge on any atom is -0.496 e. The van der Waals surface area contributed by atoms with Crippen LogP contribution in [0.3, 0.4) is 0 Å². The standard InChI is InChI=1S/C11H14ClNO2/c1-7-8(2)10(15-4)6-5-9(7)13(3)11(12)14/h5-6H,1-4H3. The Kier molecular flexibility index (Phi) is 3.58. The summed E-state index contributed by atoms with van der Waals surface area (Å²) in [6.45, 7) is 3.88. The quantitative estimate of drug-likeness (QED) is 0.574.